The van der Waals surface area contributed by atoms with Crippen molar-refractivity contribution in [3.8, 4) is 0 Å². The van der Waals surface area contributed by atoms with Crippen LogP contribution in [0, 0.1) is 0 Å². The van der Waals surface area contributed by atoms with Crippen molar-refractivity contribution in [3.05, 3.63) is 23.9 Å². The van der Waals surface area contributed by atoms with Crippen molar-refractivity contribution in [2.75, 3.05) is 24.5 Å². The molecule has 1 aromatic heterocycles. The Balaban J connectivity index is 2.19. The summed E-state index contributed by atoms with van der Waals surface area (Å²) >= 11 is 0. The Morgan fingerprint density at radius 3 is 3.10 bits per heavy atom. The topological polar surface area (TPSA) is 57.3 Å². The van der Waals surface area contributed by atoms with Crippen molar-refractivity contribution >= 4 is 11.7 Å². The average Bonchev–Trinajstić information content (AvgIpc) is 2.48. The predicted octanol–water partition coefficient (Wildman–Crippen LogP) is 1.30. The number of rotatable bonds is 6. The quantitative estimate of drug-likeness (QED) is 0.769. The molecule has 1 aliphatic rings. The van der Waals surface area contributed by atoms with Crippen molar-refractivity contribution in [2.45, 2.75) is 39.3 Å². The monoisotopic (exact) mass is 276 g/mol. The second kappa shape index (κ2) is 7.24. The van der Waals surface area contributed by atoms with E-state index in [1.165, 1.54) is 0 Å². The highest BCUT2D eigenvalue weighted by molar-refractivity contribution is 5.86. The summed E-state index contributed by atoms with van der Waals surface area (Å²) in [5.41, 5.74) is 1.16. The van der Waals surface area contributed by atoms with E-state index in [1.807, 2.05) is 13.0 Å². The van der Waals surface area contributed by atoms with Crippen LogP contribution in [0.15, 0.2) is 18.3 Å². The maximum Gasteiger partial charge on any atom is 0.242 e. The molecule has 0 aromatic carbocycles. The maximum atomic E-state index is 12.0. The molecule has 0 spiro atoms. The van der Waals surface area contributed by atoms with Crippen molar-refractivity contribution < 1.29 is 4.79 Å². The van der Waals surface area contributed by atoms with Gasteiger partial charge in [-0.05, 0) is 25.5 Å². The van der Waals surface area contributed by atoms with E-state index >= 15 is 0 Å². The molecule has 0 saturated carbocycles. The Hall–Kier alpha value is -1.62. The molecule has 5 heteroatoms. The molecular formula is C15H24N4O. The molecule has 0 aliphatic carbocycles. The summed E-state index contributed by atoms with van der Waals surface area (Å²) in [5, 5.41) is 6.34. The molecule has 110 valence electrons. The van der Waals surface area contributed by atoms with Crippen LogP contribution < -0.4 is 15.5 Å². The summed E-state index contributed by atoms with van der Waals surface area (Å²) in [5.74, 6) is 1.05. The molecule has 1 aromatic rings. The van der Waals surface area contributed by atoms with Crippen molar-refractivity contribution in [2.24, 2.45) is 0 Å². The molecule has 1 saturated heterocycles. The zero-order valence-electron chi connectivity index (χ0n) is 12.4. The van der Waals surface area contributed by atoms with Gasteiger partial charge in [0.1, 0.15) is 11.9 Å². The first kappa shape index (κ1) is 14.8. The Morgan fingerprint density at radius 2 is 2.35 bits per heavy atom. The highest BCUT2D eigenvalue weighted by Crippen LogP contribution is 2.22. The summed E-state index contributed by atoms with van der Waals surface area (Å²) in [6, 6.07) is 3.94. The Kier molecular flexibility index (Phi) is 5.35. The van der Waals surface area contributed by atoms with Gasteiger partial charge in [-0.2, -0.15) is 0 Å². The number of nitrogens with zero attached hydrogens (tertiary/aromatic N) is 2. The number of amides is 1. The molecular weight excluding hydrogens is 252 g/mol. The molecule has 1 amide bonds. The summed E-state index contributed by atoms with van der Waals surface area (Å²) in [6.45, 7) is 7.49. The molecule has 1 aliphatic heterocycles. The Labute approximate surface area is 120 Å². The number of carbonyl (C=O) groups is 1. The van der Waals surface area contributed by atoms with Gasteiger partial charge in [0.05, 0.1) is 0 Å². The van der Waals surface area contributed by atoms with Crippen LogP contribution >= 0.6 is 0 Å². The van der Waals surface area contributed by atoms with Gasteiger partial charge in [-0.25, -0.2) is 4.98 Å². The van der Waals surface area contributed by atoms with Crippen LogP contribution in [0.25, 0.3) is 0 Å². The zero-order valence-corrected chi connectivity index (χ0v) is 12.4. The van der Waals surface area contributed by atoms with E-state index in [4.69, 9.17) is 0 Å². The molecule has 20 heavy (non-hydrogen) atoms. The van der Waals surface area contributed by atoms with E-state index in [0.717, 1.165) is 43.9 Å². The number of hydrogen-bond donors (Lipinski definition) is 2. The molecule has 2 heterocycles. The number of piperazine rings is 1. The first-order chi connectivity index (χ1) is 9.77. The largest absolute Gasteiger partial charge is 0.353 e. The first-order valence-electron chi connectivity index (χ1n) is 7.46. The first-order valence-corrected chi connectivity index (χ1v) is 7.46. The number of aromatic nitrogens is 1. The van der Waals surface area contributed by atoms with Gasteiger partial charge in [0.2, 0.25) is 5.91 Å². The summed E-state index contributed by atoms with van der Waals surface area (Å²) in [4.78, 5) is 18.6. The molecule has 1 unspecified atom stereocenters. The lowest BCUT2D eigenvalue weighted by Crippen LogP contribution is -2.55. The predicted molar refractivity (Wildman–Crippen MR) is 80.7 cm³/mol. The number of anilines is 1. The molecule has 2 N–H and O–H groups in total. The summed E-state index contributed by atoms with van der Waals surface area (Å²) < 4.78 is 0. The van der Waals surface area contributed by atoms with Gasteiger partial charge in [-0.3, -0.25) is 4.79 Å². The second-order valence-corrected chi connectivity index (χ2v) is 5.07. The average molecular weight is 276 g/mol. The lowest BCUT2D eigenvalue weighted by molar-refractivity contribution is -0.123. The van der Waals surface area contributed by atoms with Crippen LogP contribution in [0.4, 0.5) is 5.82 Å². The van der Waals surface area contributed by atoms with Crippen LogP contribution in [-0.2, 0) is 11.3 Å². The molecule has 0 radical (unpaired) electrons. The molecule has 1 atom stereocenters. The third-order valence-electron chi connectivity index (χ3n) is 3.60. The fraction of sp³-hybridized carbons (Fsp3) is 0.600. The van der Waals surface area contributed by atoms with Gasteiger partial charge in [0.25, 0.3) is 0 Å². The standard InChI is InChI=1S/C15H24N4O/c1-3-7-16-11-12-6-5-8-17-14(12)19-10-9-18-15(20)13(19)4-2/h5-6,8,13,16H,3-4,7,9-11H2,1-2H3,(H,18,20). The minimum atomic E-state index is -0.108. The number of carbonyl (C=O) groups excluding carboxylic acids is 1. The van der Waals surface area contributed by atoms with Gasteiger partial charge < -0.3 is 15.5 Å². The van der Waals surface area contributed by atoms with Crippen LogP contribution in [0.2, 0.25) is 0 Å². The van der Waals surface area contributed by atoms with Gasteiger partial charge in [0.15, 0.2) is 0 Å². The summed E-state index contributed by atoms with van der Waals surface area (Å²) in [6.07, 6.45) is 3.71. The lowest BCUT2D eigenvalue weighted by Gasteiger charge is -2.36. The SMILES string of the molecule is CCCNCc1cccnc1N1CCNC(=O)C1CC. The lowest BCUT2D eigenvalue weighted by atomic mass is 10.1. The minimum Gasteiger partial charge on any atom is -0.353 e. The van der Waals surface area contributed by atoms with Gasteiger partial charge in [-0.15, -0.1) is 0 Å². The number of pyridine rings is 1. The van der Waals surface area contributed by atoms with Crippen molar-refractivity contribution in [3.63, 3.8) is 0 Å². The fourth-order valence-corrected chi connectivity index (χ4v) is 2.60. The highest BCUT2D eigenvalue weighted by Gasteiger charge is 2.29. The number of nitrogens with one attached hydrogen (secondary N) is 2. The van der Waals surface area contributed by atoms with Crippen LogP contribution in [-0.4, -0.2) is 36.6 Å². The highest BCUT2D eigenvalue weighted by atomic mass is 16.2. The van der Waals surface area contributed by atoms with Gasteiger partial charge in [-0.1, -0.05) is 19.9 Å². The molecule has 1 fully saturated rings. The minimum absolute atomic E-state index is 0.108. The Morgan fingerprint density at radius 1 is 1.50 bits per heavy atom. The smallest absolute Gasteiger partial charge is 0.242 e. The maximum absolute atomic E-state index is 12.0. The van der Waals surface area contributed by atoms with E-state index in [1.54, 1.807) is 6.20 Å². The summed E-state index contributed by atoms with van der Waals surface area (Å²) in [7, 11) is 0. The molecule has 0 bridgehead atoms. The molecule has 2 rings (SSSR count). The van der Waals surface area contributed by atoms with Crippen LogP contribution in [0.3, 0.4) is 0 Å². The van der Waals surface area contributed by atoms with Gasteiger partial charge >= 0.3 is 0 Å². The second-order valence-electron chi connectivity index (χ2n) is 5.07. The van der Waals surface area contributed by atoms with E-state index in [0.29, 0.717) is 6.54 Å². The van der Waals surface area contributed by atoms with E-state index in [-0.39, 0.29) is 11.9 Å². The van der Waals surface area contributed by atoms with Crippen molar-refractivity contribution in [1.29, 1.82) is 0 Å². The molecule has 5 nitrogen and oxygen atoms in total. The van der Waals surface area contributed by atoms with Crippen LogP contribution in [0.5, 0.6) is 0 Å². The zero-order chi connectivity index (χ0) is 14.4. The van der Waals surface area contributed by atoms with E-state index in [2.05, 4.69) is 33.5 Å². The normalized spacial score (nSPS) is 19.0. The van der Waals surface area contributed by atoms with E-state index < -0.39 is 0 Å². The van der Waals surface area contributed by atoms with Gasteiger partial charge in [0, 0.05) is 31.4 Å². The van der Waals surface area contributed by atoms with Crippen molar-refractivity contribution in [1.82, 2.24) is 15.6 Å². The number of hydrogen-bond acceptors (Lipinski definition) is 4. The third-order valence-corrected chi connectivity index (χ3v) is 3.60. The fourth-order valence-electron chi connectivity index (χ4n) is 2.60. The third kappa shape index (κ3) is 3.28. The van der Waals surface area contributed by atoms with Crippen LogP contribution in [0.1, 0.15) is 32.3 Å². The van der Waals surface area contributed by atoms with E-state index in [9.17, 15) is 4.79 Å². The Bertz CT molecular complexity index is 449.